The second-order valence-electron chi connectivity index (χ2n) is 3.62. The van der Waals surface area contributed by atoms with E-state index >= 15 is 0 Å². The zero-order valence-corrected chi connectivity index (χ0v) is 15.5. The maximum Gasteiger partial charge on any atom is 0.303 e. The number of aliphatic carboxylic acids is 1. The topological polar surface area (TPSA) is 57.5 Å². The third kappa shape index (κ3) is 3.82. The average Bonchev–Trinajstić information content (AvgIpc) is 2.24. The van der Waals surface area contributed by atoms with Gasteiger partial charge in [0, 0.05) is 3.57 Å². The van der Waals surface area contributed by atoms with E-state index in [-0.39, 0.29) is 18.1 Å². The predicted octanol–water partition coefficient (Wildman–Crippen LogP) is 4.17. The summed E-state index contributed by atoms with van der Waals surface area (Å²) in [5.41, 5.74) is 0.953. The SMILES string of the molecule is CCC(CC(=O)O)c1c(I)cc(I)c(O)c1I. The highest BCUT2D eigenvalue weighted by atomic mass is 127. The Morgan fingerprint density at radius 2 is 1.94 bits per heavy atom. The van der Waals surface area contributed by atoms with Gasteiger partial charge < -0.3 is 10.2 Å². The second kappa shape index (κ2) is 6.73. The summed E-state index contributed by atoms with van der Waals surface area (Å²) < 4.78 is 2.58. The maximum atomic E-state index is 10.8. The molecule has 0 aliphatic heterocycles. The fourth-order valence-electron chi connectivity index (χ4n) is 1.63. The van der Waals surface area contributed by atoms with Crippen LogP contribution in [0.4, 0.5) is 0 Å². The smallest absolute Gasteiger partial charge is 0.303 e. The lowest BCUT2D eigenvalue weighted by atomic mass is 9.93. The first-order valence-electron chi connectivity index (χ1n) is 4.96. The maximum absolute atomic E-state index is 10.8. The van der Waals surface area contributed by atoms with E-state index in [0.29, 0.717) is 0 Å². The van der Waals surface area contributed by atoms with Crippen molar-refractivity contribution in [1.29, 1.82) is 0 Å². The van der Waals surface area contributed by atoms with Crippen LogP contribution in [0, 0.1) is 10.7 Å². The first-order valence-corrected chi connectivity index (χ1v) is 8.20. The van der Waals surface area contributed by atoms with Crippen molar-refractivity contribution in [3.8, 4) is 5.75 Å². The second-order valence-corrected chi connectivity index (χ2v) is 7.02. The van der Waals surface area contributed by atoms with Gasteiger partial charge >= 0.3 is 5.97 Å². The zero-order chi connectivity index (χ0) is 13.2. The van der Waals surface area contributed by atoms with Crippen molar-refractivity contribution in [3.05, 3.63) is 22.3 Å². The molecular formula is C11H11I3O3. The molecular weight excluding hydrogens is 561 g/mol. The average molecular weight is 572 g/mol. The molecule has 0 aliphatic rings. The van der Waals surface area contributed by atoms with Crippen LogP contribution in [0.2, 0.25) is 0 Å². The molecule has 0 aliphatic carbocycles. The normalized spacial score (nSPS) is 12.5. The molecule has 1 rings (SSSR count). The Morgan fingerprint density at radius 1 is 1.35 bits per heavy atom. The Kier molecular flexibility index (Phi) is 6.23. The number of carbonyl (C=O) groups is 1. The van der Waals surface area contributed by atoms with Crippen molar-refractivity contribution in [2.24, 2.45) is 0 Å². The van der Waals surface area contributed by atoms with Gasteiger partial charge in [0.15, 0.2) is 0 Å². The predicted molar refractivity (Wildman–Crippen MR) is 91.5 cm³/mol. The van der Waals surface area contributed by atoms with Gasteiger partial charge in [-0.1, -0.05) is 6.92 Å². The fourth-order valence-corrected chi connectivity index (χ4v) is 5.88. The molecule has 1 unspecified atom stereocenters. The number of rotatable bonds is 4. The molecule has 94 valence electrons. The summed E-state index contributed by atoms with van der Waals surface area (Å²) in [7, 11) is 0. The molecule has 0 amide bonds. The highest BCUT2D eigenvalue weighted by Crippen LogP contribution is 2.38. The fraction of sp³-hybridized carbons (Fsp3) is 0.364. The van der Waals surface area contributed by atoms with Crippen LogP contribution in [-0.2, 0) is 4.79 Å². The number of carboxylic acids is 1. The van der Waals surface area contributed by atoms with Gasteiger partial charge in [0.05, 0.1) is 13.6 Å². The van der Waals surface area contributed by atoms with Crippen LogP contribution in [-0.4, -0.2) is 16.2 Å². The Balaban J connectivity index is 3.28. The van der Waals surface area contributed by atoms with Crippen LogP contribution in [0.1, 0.15) is 31.2 Å². The minimum Gasteiger partial charge on any atom is -0.506 e. The van der Waals surface area contributed by atoms with E-state index in [4.69, 9.17) is 5.11 Å². The molecule has 1 atom stereocenters. The molecule has 1 aromatic rings. The summed E-state index contributed by atoms with van der Waals surface area (Å²) in [6.07, 6.45) is 0.848. The molecule has 0 bridgehead atoms. The lowest BCUT2D eigenvalue weighted by Gasteiger charge is -2.18. The van der Waals surface area contributed by atoms with E-state index in [1.165, 1.54) is 0 Å². The van der Waals surface area contributed by atoms with Crippen molar-refractivity contribution in [2.75, 3.05) is 0 Å². The first-order chi connectivity index (χ1) is 7.88. The summed E-state index contributed by atoms with van der Waals surface area (Å²) in [6.45, 7) is 1.97. The van der Waals surface area contributed by atoms with Crippen LogP contribution in [0.5, 0.6) is 5.75 Å². The minimum atomic E-state index is -0.804. The van der Waals surface area contributed by atoms with Crippen LogP contribution >= 0.6 is 67.8 Å². The van der Waals surface area contributed by atoms with E-state index in [2.05, 4.69) is 67.8 Å². The molecule has 0 spiro atoms. The van der Waals surface area contributed by atoms with E-state index in [1.54, 1.807) is 0 Å². The number of aromatic hydroxyl groups is 1. The molecule has 0 radical (unpaired) electrons. The summed E-state index contributed by atoms with van der Waals surface area (Å²) in [5, 5.41) is 18.8. The van der Waals surface area contributed by atoms with Crippen molar-refractivity contribution >= 4 is 73.7 Å². The van der Waals surface area contributed by atoms with Gasteiger partial charge in [0.25, 0.3) is 0 Å². The van der Waals surface area contributed by atoms with Gasteiger partial charge in [0.1, 0.15) is 5.75 Å². The number of carboxylic acid groups (broad SMARTS) is 1. The number of phenolic OH excluding ortho intramolecular Hbond substituents is 1. The van der Waals surface area contributed by atoms with Gasteiger partial charge in [-0.3, -0.25) is 4.79 Å². The number of hydrogen-bond acceptors (Lipinski definition) is 2. The molecule has 0 aromatic heterocycles. The van der Waals surface area contributed by atoms with Crippen LogP contribution < -0.4 is 0 Å². The van der Waals surface area contributed by atoms with Crippen LogP contribution in [0.3, 0.4) is 0 Å². The van der Waals surface area contributed by atoms with Gasteiger partial charge in [0.2, 0.25) is 0 Å². The number of benzene rings is 1. The highest BCUT2D eigenvalue weighted by Gasteiger charge is 2.22. The van der Waals surface area contributed by atoms with Crippen molar-refractivity contribution < 1.29 is 15.0 Å². The van der Waals surface area contributed by atoms with Crippen molar-refractivity contribution in [1.82, 2.24) is 0 Å². The van der Waals surface area contributed by atoms with E-state index < -0.39 is 5.97 Å². The molecule has 3 nitrogen and oxygen atoms in total. The largest absolute Gasteiger partial charge is 0.506 e. The van der Waals surface area contributed by atoms with Crippen LogP contribution in [0.25, 0.3) is 0 Å². The van der Waals surface area contributed by atoms with Crippen molar-refractivity contribution in [2.45, 2.75) is 25.7 Å². The molecule has 1 aromatic carbocycles. The molecule has 17 heavy (non-hydrogen) atoms. The van der Waals surface area contributed by atoms with Crippen molar-refractivity contribution in [3.63, 3.8) is 0 Å². The Morgan fingerprint density at radius 3 is 2.41 bits per heavy atom. The highest BCUT2D eigenvalue weighted by molar-refractivity contribution is 14.1. The summed E-state index contributed by atoms with van der Waals surface area (Å²) >= 11 is 6.37. The standard InChI is InChI=1S/C11H11I3O3/c1-2-5(3-8(15)16)9-6(12)4-7(13)11(17)10(9)14/h4-5,17H,2-3H2,1H3,(H,15,16). The minimum absolute atomic E-state index is 0.0470. The zero-order valence-electron chi connectivity index (χ0n) is 9.01. The van der Waals surface area contributed by atoms with E-state index in [0.717, 1.165) is 22.7 Å². The lowest BCUT2D eigenvalue weighted by molar-refractivity contribution is -0.137. The third-order valence-corrected chi connectivity index (χ3v) is 5.31. The molecule has 0 heterocycles. The van der Waals surface area contributed by atoms with Gasteiger partial charge in [-0.2, -0.15) is 0 Å². The summed E-state index contributed by atoms with van der Waals surface area (Å²) in [5.74, 6) is -0.596. The lowest BCUT2D eigenvalue weighted by Crippen LogP contribution is -2.09. The summed E-state index contributed by atoms with van der Waals surface area (Å²) in [6, 6.07) is 1.89. The van der Waals surface area contributed by atoms with Gasteiger partial charge in [-0.05, 0) is 91.7 Å². The van der Waals surface area contributed by atoms with E-state index in [1.807, 2.05) is 13.0 Å². The monoisotopic (exact) mass is 572 g/mol. The first kappa shape index (κ1) is 15.7. The number of halogens is 3. The summed E-state index contributed by atoms with van der Waals surface area (Å²) in [4.78, 5) is 10.8. The Labute approximate surface area is 141 Å². The Hall–Kier alpha value is 0.680. The molecule has 6 heteroatoms. The van der Waals surface area contributed by atoms with Gasteiger partial charge in [-0.15, -0.1) is 0 Å². The molecule has 2 N–H and O–H groups in total. The Bertz CT molecular complexity index is 446. The quantitative estimate of drug-likeness (QED) is 0.534. The third-order valence-electron chi connectivity index (χ3n) is 2.50. The number of phenols is 1. The number of hydrogen-bond donors (Lipinski definition) is 2. The molecule has 0 saturated heterocycles. The molecule has 0 fully saturated rings. The van der Waals surface area contributed by atoms with Gasteiger partial charge in [-0.25, -0.2) is 0 Å². The van der Waals surface area contributed by atoms with E-state index in [9.17, 15) is 9.90 Å². The van der Waals surface area contributed by atoms with Crippen LogP contribution in [0.15, 0.2) is 6.07 Å². The molecule has 0 saturated carbocycles.